The molecule has 1 aliphatic carbocycles. The second-order valence-electron chi connectivity index (χ2n) is 13.9. The second-order valence-corrected chi connectivity index (χ2v) is 15.8. The highest BCUT2D eigenvalue weighted by Gasteiger charge is 2.35. The molecule has 13 nitrogen and oxygen atoms in total. The Labute approximate surface area is 312 Å². The summed E-state index contributed by atoms with van der Waals surface area (Å²) in [6, 6.07) is 17.9. The SMILES string of the molecule is CC[C@H](C)[C@H](NC(=O)N(C)Cc1cccc(C(C)=O)n1)C(=O)N[C@@H](Cc1ccccc1)[C@H](O)CN(CC1CCCC1)S(=O)(=O)c1ccc(/C=N/O)cc1. The first-order valence-electron chi connectivity index (χ1n) is 18.1. The molecule has 0 saturated heterocycles. The average Bonchev–Trinajstić information content (AvgIpc) is 3.67. The van der Waals surface area contributed by atoms with Gasteiger partial charge in [0, 0.05) is 27.1 Å². The van der Waals surface area contributed by atoms with Crippen LogP contribution in [0.15, 0.2) is 82.8 Å². The molecule has 3 amide bonds. The normalized spacial score (nSPS) is 15.9. The van der Waals surface area contributed by atoms with Gasteiger partial charge in [0.05, 0.1) is 35.5 Å². The van der Waals surface area contributed by atoms with Crippen LogP contribution in [0.1, 0.15) is 80.2 Å². The summed E-state index contributed by atoms with van der Waals surface area (Å²) in [7, 11) is -2.51. The van der Waals surface area contributed by atoms with E-state index in [1.807, 2.05) is 44.2 Å². The molecular weight excluding hydrogens is 697 g/mol. The zero-order valence-corrected chi connectivity index (χ0v) is 31.7. The summed E-state index contributed by atoms with van der Waals surface area (Å²) in [4.78, 5) is 45.1. The van der Waals surface area contributed by atoms with Gasteiger partial charge in [0.2, 0.25) is 15.9 Å². The van der Waals surface area contributed by atoms with E-state index in [1.54, 1.807) is 25.2 Å². The van der Waals surface area contributed by atoms with Crippen LogP contribution in [0, 0.1) is 11.8 Å². The van der Waals surface area contributed by atoms with Gasteiger partial charge in [0.25, 0.3) is 0 Å². The lowest BCUT2D eigenvalue weighted by atomic mass is 9.96. The lowest BCUT2D eigenvalue weighted by Gasteiger charge is -2.33. The molecule has 0 bridgehead atoms. The van der Waals surface area contributed by atoms with Crippen molar-refractivity contribution in [2.45, 2.75) is 88.9 Å². The van der Waals surface area contributed by atoms with Gasteiger partial charge in [-0.15, -0.1) is 0 Å². The van der Waals surface area contributed by atoms with E-state index in [0.717, 1.165) is 31.2 Å². The van der Waals surface area contributed by atoms with Crippen molar-refractivity contribution in [3.63, 3.8) is 0 Å². The molecule has 0 spiro atoms. The van der Waals surface area contributed by atoms with Gasteiger partial charge in [-0.25, -0.2) is 18.2 Å². The minimum Gasteiger partial charge on any atom is -0.411 e. The number of hydrogen-bond acceptors (Lipinski definition) is 9. The fourth-order valence-electron chi connectivity index (χ4n) is 6.48. The number of rotatable bonds is 18. The van der Waals surface area contributed by atoms with Crippen LogP contribution in [0.3, 0.4) is 0 Å². The third kappa shape index (κ3) is 11.7. The number of ketones is 1. The number of aliphatic hydroxyl groups is 1. The van der Waals surface area contributed by atoms with Crippen LogP contribution in [-0.2, 0) is 27.8 Å². The maximum Gasteiger partial charge on any atom is 0.318 e. The number of benzene rings is 2. The summed E-state index contributed by atoms with van der Waals surface area (Å²) < 4.78 is 29.5. The zero-order chi connectivity index (χ0) is 38.5. The summed E-state index contributed by atoms with van der Waals surface area (Å²) in [5, 5.41) is 29.6. The number of carbonyl (C=O) groups excluding carboxylic acids is 3. The minimum atomic E-state index is -4.08. The van der Waals surface area contributed by atoms with Crippen LogP contribution in [-0.4, -0.2) is 95.2 Å². The van der Waals surface area contributed by atoms with E-state index in [0.29, 0.717) is 17.7 Å². The Morgan fingerprint density at radius 1 is 1.00 bits per heavy atom. The predicted octanol–water partition coefficient (Wildman–Crippen LogP) is 4.62. The van der Waals surface area contributed by atoms with Crippen LogP contribution in [0.25, 0.3) is 0 Å². The molecule has 4 atom stereocenters. The minimum absolute atomic E-state index is 0.0355. The molecule has 0 unspecified atom stereocenters. The maximum absolute atomic E-state index is 14.1. The Morgan fingerprint density at radius 2 is 1.68 bits per heavy atom. The highest BCUT2D eigenvalue weighted by Crippen LogP contribution is 2.28. The third-order valence-electron chi connectivity index (χ3n) is 9.83. The lowest BCUT2D eigenvalue weighted by Crippen LogP contribution is -2.58. The number of carbonyl (C=O) groups is 3. The molecule has 3 aromatic rings. The Bertz CT molecular complexity index is 1800. The number of urea groups is 1. The fraction of sp³-hybridized carbons (Fsp3) is 0.462. The van der Waals surface area contributed by atoms with Gasteiger partial charge in [-0.1, -0.05) is 86.8 Å². The Morgan fingerprint density at radius 3 is 2.30 bits per heavy atom. The Hall–Kier alpha value is -4.66. The number of aliphatic hydroxyl groups excluding tert-OH is 1. The van der Waals surface area contributed by atoms with Crippen molar-refractivity contribution in [1.82, 2.24) is 24.8 Å². The molecule has 4 N–H and O–H groups in total. The number of aromatic nitrogens is 1. The largest absolute Gasteiger partial charge is 0.411 e. The van der Waals surface area contributed by atoms with Crippen LogP contribution in [0.4, 0.5) is 4.79 Å². The van der Waals surface area contributed by atoms with Gasteiger partial charge in [-0.3, -0.25) is 9.59 Å². The Balaban J connectivity index is 1.57. The number of hydrogen-bond donors (Lipinski definition) is 4. The quantitative estimate of drug-likeness (QED) is 0.0630. The van der Waals surface area contributed by atoms with Crippen molar-refractivity contribution in [3.05, 3.63) is 95.3 Å². The van der Waals surface area contributed by atoms with Gasteiger partial charge in [0.15, 0.2) is 5.78 Å². The van der Waals surface area contributed by atoms with Crippen LogP contribution in [0.5, 0.6) is 0 Å². The molecule has 1 aromatic heterocycles. The van der Waals surface area contributed by atoms with E-state index in [2.05, 4.69) is 20.8 Å². The first-order valence-corrected chi connectivity index (χ1v) is 19.5. The van der Waals surface area contributed by atoms with Gasteiger partial charge < -0.3 is 25.8 Å². The molecule has 1 fully saturated rings. The number of nitrogens with zero attached hydrogens (tertiary/aromatic N) is 4. The van der Waals surface area contributed by atoms with E-state index in [1.165, 1.54) is 46.6 Å². The van der Waals surface area contributed by atoms with E-state index in [-0.39, 0.29) is 54.3 Å². The number of Topliss-reactive ketones (excluding diaryl/α,β-unsaturated/α-hetero) is 1. The molecule has 0 radical (unpaired) electrons. The van der Waals surface area contributed by atoms with Crippen LogP contribution >= 0.6 is 0 Å². The Kier molecular flexibility index (Phi) is 15.1. The molecule has 286 valence electrons. The monoisotopic (exact) mass is 748 g/mol. The molecule has 1 heterocycles. The number of pyridine rings is 1. The van der Waals surface area contributed by atoms with Crippen LogP contribution < -0.4 is 10.6 Å². The molecule has 53 heavy (non-hydrogen) atoms. The van der Waals surface area contributed by atoms with Gasteiger partial charge in [0.1, 0.15) is 11.7 Å². The number of oxime groups is 1. The average molecular weight is 749 g/mol. The molecule has 14 heteroatoms. The van der Waals surface area contributed by atoms with Gasteiger partial charge in [-0.2, -0.15) is 4.31 Å². The highest BCUT2D eigenvalue weighted by molar-refractivity contribution is 7.89. The third-order valence-corrected chi connectivity index (χ3v) is 11.7. The summed E-state index contributed by atoms with van der Waals surface area (Å²) in [6.07, 6.45) is 4.41. The first kappa shape index (κ1) is 41.1. The van der Waals surface area contributed by atoms with Crippen molar-refractivity contribution in [2.75, 3.05) is 20.1 Å². The number of amides is 3. The molecule has 0 aliphatic heterocycles. The summed E-state index contributed by atoms with van der Waals surface area (Å²) in [6.45, 7) is 5.21. The molecule has 4 rings (SSSR count). The summed E-state index contributed by atoms with van der Waals surface area (Å²) >= 11 is 0. The van der Waals surface area contributed by atoms with E-state index >= 15 is 0 Å². The molecule has 1 saturated carbocycles. The molecule has 1 aliphatic rings. The second kappa shape index (κ2) is 19.4. The standard InChI is InChI=1S/C39H52N6O7S/c1-5-27(2)37(43-39(49)44(4)25-32-16-11-17-34(41-32)28(3)46)38(48)42-35(22-29-12-7-6-8-13-29)36(47)26-45(24-31-14-9-10-15-31)53(51,52)33-20-18-30(19-21-33)23-40-50/h6-8,11-13,16-21,23,27,31,35-37,47,50H,5,9-10,14-15,22,24-26H2,1-4H3,(H,42,48)(H,43,49)/b40-23+/t27-,35-,36+,37-/m0/s1. The highest BCUT2D eigenvalue weighted by atomic mass is 32.2. The zero-order valence-electron chi connectivity index (χ0n) is 30.9. The number of sulfonamides is 1. The topological polar surface area (TPSA) is 182 Å². The summed E-state index contributed by atoms with van der Waals surface area (Å²) in [5.74, 6) is -0.868. The van der Waals surface area contributed by atoms with E-state index in [4.69, 9.17) is 5.21 Å². The van der Waals surface area contributed by atoms with Gasteiger partial charge >= 0.3 is 6.03 Å². The lowest BCUT2D eigenvalue weighted by molar-refractivity contribution is -0.125. The first-order chi connectivity index (χ1) is 25.3. The fourth-order valence-corrected chi connectivity index (χ4v) is 8.01. The van der Waals surface area contributed by atoms with Crippen molar-refractivity contribution in [1.29, 1.82) is 0 Å². The van der Waals surface area contributed by atoms with Crippen molar-refractivity contribution >= 4 is 34.0 Å². The number of nitrogens with one attached hydrogen (secondary N) is 2. The molecule has 2 aromatic carbocycles. The smallest absolute Gasteiger partial charge is 0.318 e. The van der Waals surface area contributed by atoms with Crippen molar-refractivity contribution in [3.8, 4) is 0 Å². The molecular formula is C39H52N6O7S. The maximum atomic E-state index is 14.1. The van der Waals surface area contributed by atoms with Crippen molar-refractivity contribution < 1.29 is 33.1 Å². The summed E-state index contributed by atoms with van der Waals surface area (Å²) in [5.41, 5.74) is 2.15. The van der Waals surface area contributed by atoms with Crippen molar-refractivity contribution in [2.24, 2.45) is 17.0 Å². The van der Waals surface area contributed by atoms with E-state index < -0.39 is 40.1 Å². The van der Waals surface area contributed by atoms with Crippen LogP contribution in [0.2, 0.25) is 0 Å². The predicted molar refractivity (Wildman–Crippen MR) is 202 cm³/mol. The van der Waals surface area contributed by atoms with E-state index in [9.17, 15) is 27.9 Å². The van der Waals surface area contributed by atoms with Gasteiger partial charge in [-0.05, 0) is 66.5 Å².